The number of rotatable bonds is 3. The lowest BCUT2D eigenvalue weighted by Gasteiger charge is -2.39. The second-order valence-electron chi connectivity index (χ2n) is 5.56. The molecule has 0 aromatic heterocycles. The van der Waals surface area contributed by atoms with Crippen LogP contribution in [0.4, 0.5) is 0 Å². The molecule has 4 nitrogen and oxygen atoms in total. The molecule has 0 radical (unpaired) electrons. The van der Waals surface area contributed by atoms with Gasteiger partial charge in [0.1, 0.15) is 6.04 Å². The van der Waals surface area contributed by atoms with Gasteiger partial charge in [0, 0.05) is 6.54 Å². The summed E-state index contributed by atoms with van der Waals surface area (Å²) < 4.78 is 0. The zero-order chi connectivity index (χ0) is 13.8. The van der Waals surface area contributed by atoms with Gasteiger partial charge in [-0.1, -0.05) is 44.2 Å². The quantitative estimate of drug-likeness (QED) is 0.494. The number of amides is 1. The Morgan fingerprint density at radius 1 is 1.32 bits per heavy atom. The standard InChI is InChI=1S/C15H23N3O/c1-11-8-9-18(10-12(11)2)14(15(19)17-16)13-6-4-3-5-7-13/h3-7,11-12,14H,8-10,16H2,1-2H3,(H,17,19). The fourth-order valence-corrected chi connectivity index (χ4v) is 2.77. The van der Waals surface area contributed by atoms with Crippen molar-refractivity contribution in [1.82, 2.24) is 10.3 Å². The minimum atomic E-state index is -0.277. The molecule has 3 unspecified atom stereocenters. The topological polar surface area (TPSA) is 58.4 Å². The Bertz CT molecular complexity index is 421. The van der Waals surface area contributed by atoms with E-state index in [0.29, 0.717) is 11.8 Å². The van der Waals surface area contributed by atoms with Gasteiger partial charge in [-0.25, -0.2) is 5.84 Å². The minimum absolute atomic E-state index is 0.132. The van der Waals surface area contributed by atoms with Crippen LogP contribution in [0.2, 0.25) is 0 Å². The molecule has 2 rings (SSSR count). The number of hydrazine groups is 1. The van der Waals surface area contributed by atoms with Gasteiger partial charge >= 0.3 is 0 Å². The Balaban J connectivity index is 2.22. The van der Waals surface area contributed by atoms with Crippen molar-refractivity contribution in [3.8, 4) is 0 Å². The third kappa shape index (κ3) is 3.14. The number of benzene rings is 1. The highest BCUT2D eigenvalue weighted by Gasteiger charge is 2.32. The summed E-state index contributed by atoms with van der Waals surface area (Å²) in [5, 5.41) is 0. The molecule has 1 aliphatic rings. The Hall–Kier alpha value is -1.39. The smallest absolute Gasteiger partial charge is 0.255 e. The molecule has 1 saturated heterocycles. The van der Waals surface area contributed by atoms with Gasteiger partial charge in [-0.15, -0.1) is 0 Å². The maximum Gasteiger partial charge on any atom is 0.255 e. The summed E-state index contributed by atoms with van der Waals surface area (Å²) in [4.78, 5) is 14.4. The van der Waals surface area contributed by atoms with Crippen LogP contribution in [0, 0.1) is 11.8 Å². The van der Waals surface area contributed by atoms with E-state index in [1.165, 1.54) is 0 Å². The number of carbonyl (C=O) groups is 1. The SMILES string of the molecule is CC1CCN(C(C(=O)NN)c2ccccc2)CC1C. The highest BCUT2D eigenvalue weighted by molar-refractivity contribution is 5.82. The first-order valence-electron chi connectivity index (χ1n) is 6.93. The number of carbonyl (C=O) groups excluding carboxylic acids is 1. The van der Waals surface area contributed by atoms with Gasteiger partial charge in [0.25, 0.3) is 5.91 Å². The predicted molar refractivity (Wildman–Crippen MR) is 76.0 cm³/mol. The Kier molecular flexibility index (Phi) is 4.56. The molecule has 1 fully saturated rings. The first-order valence-corrected chi connectivity index (χ1v) is 6.93. The Morgan fingerprint density at radius 2 is 2.00 bits per heavy atom. The molecular weight excluding hydrogens is 238 g/mol. The molecule has 104 valence electrons. The summed E-state index contributed by atoms with van der Waals surface area (Å²) in [6, 6.07) is 9.58. The van der Waals surface area contributed by atoms with Crippen molar-refractivity contribution in [2.45, 2.75) is 26.3 Å². The number of hydrogen-bond acceptors (Lipinski definition) is 3. The highest BCUT2D eigenvalue weighted by atomic mass is 16.2. The summed E-state index contributed by atoms with van der Waals surface area (Å²) >= 11 is 0. The number of nitrogens with two attached hydrogens (primary N) is 1. The van der Waals surface area contributed by atoms with E-state index in [1.54, 1.807) is 0 Å². The molecule has 1 aliphatic heterocycles. The van der Waals surface area contributed by atoms with E-state index in [-0.39, 0.29) is 11.9 Å². The molecule has 0 aliphatic carbocycles. The molecule has 0 spiro atoms. The van der Waals surface area contributed by atoms with Crippen LogP contribution in [0.25, 0.3) is 0 Å². The maximum absolute atomic E-state index is 12.1. The van der Waals surface area contributed by atoms with Crippen LogP contribution < -0.4 is 11.3 Å². The molecule has 0 bridgehead atoms. The molecule has 3 atom stereocenters. The van der Waals surface area contributed by atoms with Crippen LogP contribution in [-0.2, 0) is 4.79 Å². The van der Waals surface area contributed by atoms with Crippen LogP contribution >= 0.6 is 0 Å². The van der Waals surface area contributed by atoms with Crippen molar-refractivity contribution in [2.75, 3.05) is 13.1 Å². The average Bonchev–Trinajstić information content (AvgIpc) is 2.44. The normalized spacial score (nSPS) is 25.8. The Labute approximate surface area is 114 Å². The van der Waals surface area contributed by atoms with Gasteiger partial charge in [0.15, 0.2) is 0 Å². The van der Waals surface area contributed by atoms with Crippen LogP contribution in [-0.4, -0.2) is 23.9 Å². The monoisotopic (exact) mass is 261 g/mol. The Morgan fingerprint density at radius 3 is 2.58 bits per heavy atom. The first kappa shape index (κ1) is 14.0. The lowest BCUT2D eigenvalue weighted by Crippen LogP contribution is -2.48. The summed E-state index contributed by atoms with van der Waals surface area (Å²) in [5.41, 5.74) is 3.31. The molecule has 4 heteroatoms. The minimum Gasteiger partial charge on any atom is -0.293 e. The molecule has 3 N–H and O–H groups in total. The lowest BCUT2D eigenvalue weighted by molar-refractivity contribution is -0.127. The van der Waals surface area contributed by atoms with Gasteiger partial charge in [-0.3, -0.25) is 15.1 Å². The van der Waals surface area contributed by atoms with Crippen molar-refractivity contribution in [2.24, 2.45) is 17.7 Å². The number of nitrogens with one attached hydrogen (secondary N) is 1. The molecular formula is C15H23N3O. The van der Waals surface area contributed by atoms with E-state index in [0.717, 1.165) is 25.1 Å². The van der Waals surface area contributed by atoms with E-state index in [9.17, 15) is 4.79 Å². The second kappa shape index (κ2) is 6.17. The van der Waals surface area contributed by atoms with E-state index in [2.05, 4.69) is 24.2 Å². The third-order valence-corrected chi connectivity index (χ3v) is 4.24. The van der Waals surface area contributed by atoms with Gasteiger partial charge < -0.3 is 0 Å². The van der Waals surface area contributed by atoms with Crippen molar-refractivity contribution >= 4 is 5.91 Å². The molecule has 1 heterocycles. The molecule has 0 saturated carbocycles. The van der Waals surface area contributed by atoms with Crippen molar-refractivity contribution in [1.29, 1.82) is 0 Å². The average molecular weight is 261 g/mol. The third-order valence-electron chi connectivity index (χ3n) is 4.24. The zero-order valence-electron chi connectivity index (χ0n) is 11.7. The summed E-state index contributed by atoms with van der Waals surface area (Å²) in [6.07, 6.45) is 1.13. The fraction of sp³-hybridized carbons (Fsp3) is 0.533. The van der Waals surface area contributed by atoms with E-state index < -0.39 is 0 Å². The van der Waals surface area contributed by atoms with Crippen LogP contribution in [0.5, 0.6) is 0 Å². The van der Waals surface area contributed by atoms with Crippen molar-refractivity contribution < 1.29 is 4.79 Å². The largest absolute Gasteiger partial charge is 0.293 e. The molecule has 1 amide bonds. The van der Waals surface area contributed by atoms with Gasteiger partial charge in [0.05, 0.1) is 0 Å². The van der Waals surface area contributed by atoms with Crippen LogP contribution in [0.15, 0.2) is 30.3 Å². The van der Waals surface area contributed by atoms with E-state index in [4.69, 9.17) is 5.84 Å². The number of nitrogens with zero attached hydrogens (tertiary/aromatic N) is 1. The second-order valence-corrected chi connectivity index (χ2v) is 5.56. The van der Waals surface area contributed by atoms with E-state index >= 15 is 0 Å². The summed E-state index contributed by atoms with van der Waals surface area (Å²) in [5.74, 6) is 6.54. The molecule has 1 aromatic carbocycles. The fourth-order valence-electron chi connectivity index (χ4n) is 2.77. The van der Waals surface area contributed by atoms with Gasteiger partial charge in [-0.2, -0.15) is 0 Å². The van der Waals surface area contributed by atoms with Gasteiger partial charge in [0.2, 0.25) is 0 Å². The lowest BCUT2D eigenvalue weighted by atomic mass is 9.87. The van der Waals surface area contributed by atoms with Crippen molar-refractivity contribution in [3.05, 3.63) is 35.9 Å². The zero-order valence-corrected chi connectivity index (χ0v) is 11.7. The summed E-state index contributed by atoms with van der Waals surface area (Å²) in [7, 11) is 0. The molecule has 1 aromatic rings. The number of piperidine rings is 1. The first-order chi connectivity index (χ1) is 9.13. The molecule has 19 heavy (non-hydrogen) atoms. The number of hydrogen-bond donors (Lipinski definition) is 2. The van der Waals surface area contributed by atoms with Crippen molar-refractivity contribution in [3.63, 3.8) is 0 Å². The maximum atomic E-state index is 12.1. The summed E-state index contributed by atoms with van der Waals surface area (Å²) in [6.45, 7) is 6.41. The highest BCUT2D eigenvalue weighted by Crippen LogP contribution is 2.29. The number of likely N-dealkylation sites (tertiary alicyclic amines) is 1. The van der Waals surface area contributed by atoms with Gasteiger partial charge in [-0.05, 0) is 30.4 Å². The van der Waals surface area contributed by atoms with E-state index in [1.807, 2.05) is 30.3 Å². The predicted octanol–water partition coefficient (Wildman–Crippen LogP) is 1.70. The van der Waals surface area contributed by atoms with Crippen LogP contribution in [0.1, 0.15) is 31.9 Å². The van der Waals surface area contributed by atoms with Crippen LogP contribution in [0.3, 0.4) is 0 Å².